The monoisotopic (exact) mass is 588 g/mol. The number of hydrogen-bond acceptors (Lipinski definition) is 7. The Morgan fingerprint density at radius 3 is 2.40 bits per heavy atom. The van der Waals surface area contributed by atoms with E-state index in [1.54, 1.807) is 48.0 Å². The van der Waals surface area contributed by atoms with Crippen LogP contribution in [0.2, 0.25) is 0 Å². The minimum Gasteiger partial charge on any atom is -0.463 e. The fourth-order valence-corrected chi connectivity index (χ4v) is 6.12. The topological polar surface area (TPSA) is 113 Å². The highest BCUT2D eigenvalue weighted by atomic mass is 32.2. The molecule has 0 bridgehead atoms. The molecule has 0 saturated carbocycles. The first kappa shape index (κ1) is 28.9. The summed E-state index contributed by atoms with van der Waals surface area (Å²) in [6.07, 6.45) is 2.90. The highest BCUT2D eigenvalue weighted by Gasteiger charge is 2.33. The van der Waals surface area contributed by atoms with Crippen molar-refractivity contribution in [2.75, 3.05) is 13.4 Å². The third-order valence-electron chi connectivity index (χ3n) is 7.22. The van der Waals surface area contributed by atoms with Crippen LogP contribution in [0.4, 0.5) is 0 Å². The Kier molecular flexibility index (Phi) is 8.08. The van der Waals surface area contributed by atoms with Gasteiger partial charge in [0.25, 0.3) is 10.0 Å². The van der Waals surface area contributed by atoms with E-state index in [0.717, 1.165) is 16.5 Å². The number of nitrogens with one attached hydrogen (secondary N) is 1. The molecule has 5 rings (SSSR count). The van der Waals surface area contributed by atoms with E-state index in [1.165, 1.54) is 18.2 Å². The first-order valence-electron chi connectivity index (χ1n) is 13.6. The van der Waals surface area contributed by atoms with Gasteiger partial charge in [-0.1, -0.05) is 50.2 Å². The van der Waals surface area contributed by atoms with Gasteiger partial charge in [-0.2, -0.15) is 0 Å². The number of carbonyl (C=O) groups excluding carboxylic acids is 2. The largest absolute Gasteiger partial charge is 0.463 e. The van der Waals surface area contributed by atoms with Crippen LogP contribution in [0.25, 0.3) is 17.1 Å². The number of para-hydroxylation sites is 1. The summed E-state index contributed by atoms with van der Waals surface area (Å²) in [5, 5.41) is 0.722. The van der Waals surface area contributed by atoms with Gasteiger partial charge in [0.05, 0.1) is 22.9 Å². The number of sulfonamides is 1. The number of ether oxygens (including phenoxy) is 3. The van der Waals surface area contributed by atoms with Crippen molar-refractivity contribution >= 4 is 39.0 Å². The third kappa shape index (κ3) is 5.62. The van der Waals surface area contributed by atoms with Crippen LogP contribution in [0.3, 0.4) is 0 Å². The summed E-state index contributed by atoms with van der Waals surface area (Å²) in [4.78, 5) is 26.2. The average Bonchev–Trinajstić information content (AvgIpc) is 3.54. The van der Waals surface area contributed by atoms with Gasteiger partial charge in [-0.25, -0.2) is 17.9 Å². The van der Waals surface area contributed by atoms with Crippen molar-refractivity contribution in [3.05, 3.63) is 95.2 Å². The van der Waals surface area contributed by atoms with E-state index in [2.05, 4.69) is 4.72 Å². The molecule has 42 heavy (non-hydrogen) atoms. The summed E-state index contributed by atoms with van der Waals surface area (Å²) in [7, 11) is -4.20. The molecule has 1 amide bonds. The molecule has 0 fully saturated rings. The molecule has 1 atom stereocenters. The lowest BCUT2D eigenvalue weighted by atomic mass is 9.88. The zero-order valence-electron chi connectivity index (χ0n) is 23.8. The number of fused-ring (bicyclic) bond motifs is 2. The van der Waals surface area contributed by atoms with Crippen LogP contribution in [0.15, 0.2) is 77.7 Å². The van der Waals surface area contributed by atoms with Gasteiger partial charge >= 0.3 is 5.97 Å². The average molecular weight is 589 g/mol. The highest BCUT2D eigenvalue weighted by Crippen LogP contribution is 2.40. The van der Waals surface area contributed by atoms with Gasteiger partial charge in [0.2, 0.25) is 12.7 Å². The zero-order chi connectivity index (χ0) is 30.0. The second kappa shape index (κ2) is 11.7. The summed E-state index contributed by atoms with van der Waals surface area (Å²) in [5.74, 6) is -1.07. The normalized spacial score (nSPS) is 13.5. The summed E-state index contributed by atoms with van der Waals surface area (Å²) in [6, 6.07) is 19.0. The summed E-state index contributed by atoms with van der Waals surface area (Å²) >= 11 is 0. The fourth-order valence-electron chi connectivity index (χ4n) is 5.12. The number of amides is 1. The SMILES string of the molecule is CCOC(=O)/C=C/n1c(C)c(C(C(=O)NS(=O)(=O)c2ccc(C(C)C)cc2)c2ccc3c(c2)OCO3)c2ccccc21. The van der Waals surface area contributed by atoms with Crippen LogP contribution in [-0.4, -0.2) is 38.3 Å². The van der Waals surface area contributed by atoms with Crippen molar-refractivity contribution in [1.82, 2.24) is 9.29 Å². The first-order chi connectivity index (χ1) is 20.1. The minimum atomic E-state index is -4.20. The van der Waals surface area contributed by atoms with Crippen LogP contribution in [-0.2, 0) is 24.3 Å². The van der Waals surface area contributed by atoms with Gasteiger partial charge < -0.3 is 18.8 Å². The lowest BCUT2D eigenvalue weighted by Gasteiger charge is -2.19. The summed E-state index contributed by atoms with van der Waals surface area (Å²) in [5.41, 5.74) is 3.46. The zero-order valence-corrected chi connectivity index (χ0v) is 24.6. The second-order valence-corrected chi connectivity index (χ2v) is 11.9. The highest BCUT2D eigenvalue weighted by molar-refractivity contribution is 7.90. The predicted molar refractivity (Wildman–Crippen MR) is 159 cm³/mol. The number of carbonyl (C=O) groups is 2. The Morgan fingerprint density at radius 2 is 1.69 bits per heavy atom. The van der Waals surface area contributed by atoms with Crippen molar-refractivity contribution in [3.63, 3.8) is 0 Å². The van der Waals surface area contributed by atoms with Gasteiger partial charge in [0.1, 0.15) is 0 Å². The standard InChI is InChI=1S/C32H32N2O7S/c1-5-39-29(35)16-17-34-21(4)30(25-8-6-7-9-26(25)34)31(23-12-15-27-28(18-23)41-19-40-27)32(36)33-42(37,38)24-13-10-22(11-14-24)20(2)3/h6-18,20,31H,5,19H2,1-4H3,(H,33,36)/b17-16+. The van der Waals surface area contributed by atoms with Crippen LogP contribution in [0.1, 0.15) is 55.0 Å². The third-order valence-corrected chi connectivity index (χ3v) is 8.59. The van der Waals surface area contributed by atoms with Gasteiger partial charge in [-0.3, -0.25) is 4.79 Å². The van der Waals surface area contributed by atoms with Crippen molar-refractivity contribution in [2.45, 2.75) is 44.4 Å². The van der Waals surface area contributed by atoms with Gasteiger partial charge in [0.15, 0.2) is 11.5 Å². The molecule has 1 aliphatic rings. The fraction of sp³-hybridized carbons (Fsp3) is 0.250. The van der Waals surface area contributed by atoms with Crippen molar-refractivity contribution in [3.8, 4) is 11.5 Å². The molecule has 10 heteroatoms. The van der Waals surface area contributed by atoms with E-state index in [1.807, 2.05) is 45.0 Å². The number of nitrogens with zero attached hydrogens (tertiary/aromatic N) is 1. The maximum absolute atomic E-state index is 14.1. The number of hydrogen-bond donors (Lipinski definition) is 1. The maximum Gasteiger partial charge on any atom is 0.332 e. The molecule has 1 aliphatic heterocycles. The minimum absolute atomic E-state index is 0.0128. The number of rotatable bonds is 9. The smallest absolute Gasteiger partial charge is 0.332 e. The molecule has 1 N–H and O–H groups in total. The van der Waals surface area contributed by atoms with Crippen LogP contribution >= 0.6 is 0 Å². The lowest BCUT2D eigenvalue weighted by Crippen LogP contribution is -2.35. The second-order valence-electron chi connectivity index (χ2n) is 10.2. The molecule has 2 heterocycles. The molecule has 218 valence electrons. The Labute approximate surface area is 244 Å². The molecule has 1 aromatic heterocycles. The van der Waals surface area contributed by atoms with Crippen LogP contribution in [0, 0.1) is 6.92 Å². The molecular weight excluding hydrogens is 556 g/mol. The molecule has 0 radical (unpaired) electrons. The molecule has 0 spiro atoms. The molecule has 1 unspecified atom stereocenters. The molecule has 0 saturated heterocycles. The van der Waals surface area contributed by atoms with E-state index in [0.29, 0.717) is 28.3 Å². The maximum atomic E-state index is 14.1. The van der Waals surface area contributed by atoms with Crippen molar-refractivity contribution < 1.29 is 32.2 Å². The van der Waals surface area contributed by atoms with Gasteiger partial charge in [-0.15, -0.1) is 0 Å². The van der Waals surface area contributed by atoms with Gasteiger partial charge in [-0.05, 0) is 66.8 Å². The number of benzene rings is 3. The molecule has 9 nitrogen and oxygen atoms in total. The van der Waals surface area contributed by atoms with E-state index < -0.39 is 27.8 Å². The Hall–Kier alpha value is -4.57. The Balaban J connectivity index is 1.63. The Bertz CT molecular complexity index is 1790. The van der Waals surface area contributed by atoms with E-state index in [-0.39, 0.29) is 24.2 Å². The van der Waals surface area contributed by atoms with Crippen LogP contribution in [0.5, 0.6) is 11.5 Å². The molecular formula is C32H32N2O7S. The van der Waals surface area contributed by atoms with Crippen LogP contribution < -0.4 is 14.2 Å². The molecule has 4 aromatic rings. The predicted octanol–water partition coefficient (Wildman–Crippen LogP) is 5.47. The summed E-state index contributed by atoms with van der Waals surface area (Å²) < 4.78 is 47.0. The van der Waals surface area contributed by atoms with Gasteiger partial charge in [0, 0.05) is 23.4 Å². The Morgan fingerprint density at radius 1 is 1.00 bits per heavy atom. The van der Waals surface area contributed by atoms with Crippen molar-refractivity contribution in [1.29, 1.82) is 0 Å². The van der Waals surface area contributed by atoms with E-state index in [9.17, 15) is 18.0 Å². The molecule has 3 aromatic carbocycles. The quantitative estimate of drug-likeness (QED) is 0.204. The summed E-state index contributed by atoms with van der Waals surface area (Å²) in [6.45, 7) is 7.86. The first-order valence-corrected chi connectivity index (χ1v) is 15.1. The van der Waals surface area contributed by atoms with E-state index in [4.69, 9.17) is 14.2 Å². The number of esters is 1. The molecule has 0 aliphatic carbocycles. The number of aromatic nitrogens is 1. The lowest BCUT2D eigenvalue weighted by molar-refractivity contribution is -0.137. The van der Waals surface area contributed by atoms with Crippen molar-refractivity contribution in [2.24, 2.45) is 0 Å². The van der Waals surface area contributed by atoms with E-state index >= 15 is 0 Å².